The summed E-state index contributed by atoms with van der Waals surface area (Å²) in [6, 6.07) is 13.5. The fourth-order valence-corrected chi connectivity index (χ4v) is 1.99. The van der Waals surface area contributed by atoms with E-state index in [2.05, 4.69) is 15.2 Å². The summed E-state index contributed by atoms with van der Waals surface area (Å²) in [4.78, 5) is 3.99. The molecule has 98 valence electrons. The van der Waals surface area contributed by atoms with Crippen molar-refractivity contribution in [1.82, 2.24) is 14.8 Å². The Morgan fingerprint density at radius 3 is 2.50 bits per heavy atom. The van der Waals surface area contributed by atoms with E-state index in [4.69, 9.17) is 5.21 Å². The van der Waals surface area contributed by atoms with Gasteiger partial charge in [-0.1, -0.05) is 23.4 Å². The van der Waals surface area contributed by atoms with Crippen LogP contribution in [0, 0.1) is 0 Å². The van der Waals surface area contributed by atoms with Crippen LogP contribution in [0.5, 0.6) is 0 Å². The minimum Gasteiger partial charge on any atom is -0.411 e. The van der Waals surface area contributed by atoms with Crippen LogP contribution in [0.25, 0.3) is 16.9 Å². The summed E-state index contributed by atoms with van der Waals surface area (Å²) in [5.41, 5.74) is 3.35. The Morgan fingerprint density at radius 2 is 1.80 bits per heavy atom. The molecule has 0 fully saturated rings. The van der Waals surface area contributed by atoms with Crippen molar-refractivity contribution in [2.45, 2.75) is 0 Å². The minimum atomic E-state index is 0.738. The smallest absolute Gasteiger partial charge is 0.102 e. The molecule has 0 spiro atoms. The zero-order valence-electron chi connectivity index (χ0n) is 10.6. The molecular formula is C15H12N4O. The number of hydrogen-bond acceptors (Lipinski definition) is 4. The third kappa shape index (κ3) is 2.29. The highest BCUT2D eigenvalue weighted by atomic mass is 16.4. The SMILES string of the molecule is ON=Cc1cn(-c2ccccc2)nc1-c1ccncc1. The summed E-state index contributed by atoms with van der Waals surface area (Å²) in [7, 11) is 0. The van der Waals surface area contributed by atoms with Gasteiger partial charge in [0.05, 0.1) is 11.9 Å². The van der Waals surface area contributed by atoms with Gasteiger partial charge in [0.1, 0.15) is 5.69 Å². The van der Waals surface area contributed by atoms with Crippen LogP contribution >= 0.6 is 0 Å². The van der Waals surface area contributed by atoms with E-state index in [1.807, 2.05) is 48.7 Å². The molecule has 1 N–H and O–H groups in total. The van der Waals surface area contributed by atoms with Crippen molar-refractivity contribution in [2.75, 3.05) is 0 Å². The van der Waals surface area contributed by atoms with Crippen LogP contribution in [0.15, 0.2) is 66.2 Å². The molecule has 1 aromatic carbocycles. The number of aromatic nitrogens is 3. The summed E-state index contributed by atoms with van der Waals surface area (Å²) in [6.45, 7) is 0. The second-order valence-electron chi connectivity index (χ2n) is 4.19. The van der Waals surface area contributed by atoms with Crippen LogP contribution in [0.2, 0.25) is 0 Å². The molecule has 20 heavy (non-hydrogen) atoms. The second-order valence-corrected chi connectivity index (χ2v) is 4.19. The van der Waals surface area contributed by atoms with Crippen molar-refractivity contribution >= 4 is 6.21 Å². The molecular weight excluding hydrogens is 252 g/mol. The lowest BCUT2D eigenvalue weighted by Crippen LogP contribution is -1.93. The van der Waals surface area contributed by atoms with E-state index >= 15 is 0 Å². The van der Waals surface area contributed by atoms with Crippen molar-refractivity contribution in [1.29, 1.82) is 0 Å². The third-order valence-electron chi connectivity index (χ3n) is 2.91. The van der Waals surface area contributed by atoms with Gasteiger partial charge in [-0.2, -0.15) is 5.10 Å². The van der Waals surface area contributed by atoms with Crippen LogP contribution < -0.4 is 0 Å². The molecule has 3 aromatic rings. The summed E-state index contributed by atoms with van der Waals surface area (Å²) >= 11 is 0. The van der Waals surface area contributed by atoms with Gasteiger partial charge in [-0.15, -0.1) is 0 Å². The van der Waals surface area contributed by atoms with Crippen LogP contribution in [-0.2, 0) is 0 Å². The van der Waals surface area contributed by atoms with Gasteiger partial charge in [0.15, 0.2) is 0 Å². The van der Waals surface area contributed by atoms with E-state index in [1.54, 1.807) is 17.1 Å². The van der Waals surface area contributed by atoms with Gasteiger partial charge >= 0.3 is 0 Å². The molecule has 0 amide bonds. The molecule has 3 rings (SSSR count). The Bertz CT molecular complexity index is 720. The van der Waals surface area contributed by atoms with Gasteiger partial charge in [-0.25, -0.2) is 4.68 Å². The van der Waals surface area contributed by atoms with Crippen molar-refractivity contribution in [3.8, 4) is 16.9 Å². The molecule has 2 aromatic heterocycles. The summed E-state index contributed by atoms with van der Waals surface area (Å²) in [5.74, 6) is 0. The number of benzene rings is 1. The number of nitrogens with zero attached hydrogens (tertiary/aromatic N) is 4. The van der Waals surface area contributed by atoms with Gasteiger partial charge in [-0.3, -0.25) is 4.98 Å². The molecule has 0 unspecified atom stereocenters. The van der Waals surface area contributed by atoms with Gasteiger partial charge in [0.25, 0.3) is 0 Å². The zero-order chi connectivity index (χ0) is 13.8. The maximum atomic E-state index is 8.79. The quantitative estimate of drug-likeness (QED) is 0.449. The number of hydrogen-bond donors (Lipinski definition) is 1. The summed E-state index contributed by atoms with van der Waals surface area (Å²) < 4.78 is 1.76. The molecule has 5 heteroatoms. The maximum Gasteiger partial charge on any atom is 0.102 e. The first-order valence-corrected chi connectivity index (χ1v) is 6.11. The summed E-state index contributed by atoms with van der Waals surface area (Å²) in [6.07, 6.45) is 6.61. The van der Waals surface area contributed by atoms with Crippen molar-refractivity contribution in [3.05, 3.63) is 66.6 Å². The Balaban J connectivity index is 2.13. The molecule has 0 saturated heterocycles. The fourth-order valence-electron chi connectivity index (χ4n) is 1.99. The average Bonchev–Trinajstić information content (AvgIpc) is 2.94. The van der Waals surface area contributed by atoms with Crippen LogP contribution in [0.4, 0.5) is 0 Å². The third-order valence-corrected chi connectivity index (χ3v) is 2.91. The molecule has 0 atom stereocenters. The molecule has 0 saturated carbocycles. The molecule has 0 radical (unpaired) electrons. The molecule has 0 aliphatic rings. The second kappa shape index (κ2) is 5.36. The average molecular weight is 264 g/mol. The van der Waals surface area contributed by atoms with E-state index in [9.17, 15) is 0 Å². The Hall–Kier alpha value is -2.95. The van der Waals surface area contributed by atoms with Crippen molar-refractivity contribution in [2.24, 2.45) is 5.16 Å². The molecule has 0 bridgehead atoms. The number of para-hydroxylation sites is 1. The van der Waals surface area contributed by atoms with Crippen molar-refractivity contribution < 1.29 is 5.21 Å². The zero-order valence-corrected chi connectivity index (χ0v) is 10.6. The van der Waals surface area contributed by atoms with Crippen molar-refractivity contribution in [3.63, 3.8) is 0 Å². The highest BCUT2D eigenvalue weighted by molar-refractivity contribution is 5.88. The van der Waals surface area contributed by atoms with Crippen LogP contribution in [0.3, 0.4) is 0 Å². The Morgan fingerprint density at radius 1 is 1.05 bits per heavy atom. The predicted molar refractivity (Wildman–Crippen MR) is 76.2 cm³/mol. The van der Waals surface area contributed by atoms with Gasteiger partial charge in [-0.05, 0) is 24.3 Å². The first-order chi connectivity index (χ1) is 9.88. The molecule has 5 nitrogen and oxygen atoms in total. The van der Waals surface area contributed by atoms with E-state index in [-0.39, 0.29) is 0 Å². The van der Waals surface area contributed by atoms with Gasteiger partial charge < -0.3 is 5.21 Å². The Kier molecular flexibility index (Phi) is 3.24. The Labute approximate surface area is 115 Å². The predicted octanol–water partition coefficient (Wildman–Crippen LogP) is 2.74. The first-order valence-electron chi connectivity index (χ1n) is 6.11. The van der Waals surface area contributed by atoms with Gasteiger partial charge in [0, 0.05) is 29.7 Å². The van der Waals surface area contributed by atoms with E-state index in [0.29, 0.717) is 0 Å². The minimum absolute atomic E-state index is 0.738. The number of oxime groups is 1. The lowest BCUT2D eigenvalue weighted by molar-refractivity contribution is 0.322. The molecule has 0 aliphatic carbocycles. The monoisotopic (exact) mass is 264 g/mol. The highest BCUT2D eigenvalue weighted by Crippen LogP contribution is 2.21. The fraction of sp³-hybridized carbons (Fsp3) is 0. The number of rotatable bonds is 3. The first kappa shape index (κ1) is 12.1. The van der Waals surface area contributed by atoms with Crippen LogP contribution in [0.1, 0.15) is 5.56 Å². The lowest BCUT2D eigenvalue weighted by Gasteiger charge is -1.99. The molecule has 0 aliphatic heterocycles. The molecule has 2 heterocycles. The number of pyridine rings is 1. The van der Waals surface area contributed by atoms with E-state index in [1.165, 1.54) is 6.21 Å². The lowest BCUT2D eigenvalue weighted by atomic mass is 10.1. The summed E-state index contributed by atoms with van der Waals surface area (Å²) in [5, 5.41) is 16.5. The van der Waals surface area contributed by atoms with E-state index < -0.39 is 0 Å². The normalized spacial score (nSPS) is 11.0. The largest absolute Gasteiger partial charge is 0.411 e. The topological polar surface area (TPSA) is 63.3 Å². The van der Waals surface area contributed by atoms with E-state index in [0.717, 1.165) is 22.5 Å². The standard InChI is InChI=1S/C15H12N4O/c20-17-10-13-11-19(14-4-2-1-3-5-14)18-15(13)12-6-8-16-9-7-12/h1-11,20H. The van der Waals surface area contributed by atoms with Gasteiger partial charge in [0.2, 0.25) is 0 Å². The van der Waals surface area contributed by atoms with Crippen LogP contribution in [-0.4, -0.2) is 26.2 Å². The maximum absolute atomic E-state index is 8.79. The highest BCUT2D eigenvalue weighted by Gasteiger charge is 2.10.